The lowest BCUT2D eigenvalue weighted by Gasteiger charge is -2.16. The third-order valence-electron chi connectivity index (χ3n) is 5.03. The maximum atomic E-state index is 13.3. The molecule has 9 nitrogen and oxygen atoms in total. The third kappa shape index (κ3) is 5.97. The molecule has 3 aromatic rings. The van der Waals surface area contributed by atoms with Crippen molar-refractivity contribution in [2.45, 2.75) is 19.6 Å². The van der Waals surface area contributed by atoms with Crippen LogP contribution in [0.25, 0.3) is 5.69 Å². The number of carbonyl (C=O) groups excluding carboxylic acids is 2. The number of ether oxygens (including phenoxy) is 2. The van der Waals surface area contributed by atoms with Crippen LogP contribution < -0.4 is 16.6 Å². The molecular formula is C23H18Cl2F3N3O6. The second kappa shape index (κ2) is 11.1. The number of methoxy groups -OCH3 is 1. The van der Waals surface area contributed by atoms with E-state index in [0.717, 1.165) is 30.0 Å². The number of hydrogen-bond donors (Lipinski definition) is 1. The standard InChI is InChI=1S/C23H18Cl2F3N3O6/c1-3-37-20(33)14-11-30(13-7-8-17(16(24)9-13)29-21(34)36-2)22(35)31(19(14)32)10-12-5-4-6-15(18(12)25)23(26,27)28/h4-9,11H,3,10H2,1-2H3,(H,29,34). The average molecular weight is 560 g/mol. The number of carbonyl (C=O) groups is 2. The Kier molecular flexibility index (Phi) is 8.34. The molecule has 0 unspecified atom stereocenters. The molecule has 0 radical (unpaired) electrons. The van der Waals surface area contributed by atoms with Crippen molar-refractivity contribution in [3.63, 3.8) is 0 Å². The Morgan fingerprint density at radius 2 is 1.81 bits per heavy atom. The van der Waals surface area contributed by atoms with E-state index < -0.39 is 52.2 Å². The van der Waals surface area contributed by atoms with E-state index in [1.165, 1.54) is 31.2 Å². The Morgan fingerprint density at radius 3 is 2.41 bits per heavy atom. The van der Waals surface area contributed by atoms with Gasteiger partial charge < -0.3 is 9.47 Å². The van der Waals surface area contributed by atoms with Crippen molar-refractivity contribution in [2.24, 2.45) is 0 Å². The number of rotatable bonds is 6. The van der Waals surface area contributed by atoms with E-state index in [-0.39, 0.29) is 28.6 Å². The summed E-state index contributed by atoms with van der Waals surface area (Å²) in [5.74, 6) is -1.06. The molecule has 0 atom stereocenters. The number of nitrogens with zero attached hydrogens (tertiary/aromatic N) is 2. The minimum Gasteiger partial charge on any atom is -0.462 e. The van der Waals surface area contributed by atoms with Gasteiger partial charge in [-0.3, -0.25) is 19.2 Å². The molecule has 0 aliphatic carbocycles. The van der Waals surface area contributed by atoms with Crippen LogP contribution >= 0.6 is 23.2 Å². The number of esters is 1. The monoisotopic (exact) mass is 559 g/mol. The zero-order chi connectivity index (χ0) is 27.5. The summed E-state index contributed by atoms with van der Waals surface area (Å²) in [7, 11) is 1.15. The van der Waals surface area contributed by atoms with Gasteiger partial charge in [0.15, 0.2) is 0 Å². The highest BCUT2D eigenvalue weighted by atomic mass is 35.5. The second-order valence-corrected chi connectivity index (χ2v) is 8.15. The molecule has 1 heterocycles. The molecule has 3 rings (SSSR count). The van der Waals surface area contributed by atoms with E-state index in [2.05, 4.69) is 10.1 Å². The molecule has 37 heavy (non-hydrogen) atoms. The van der Waals surface area contributed by atoms with Crippen LogP contribution in [0.3, 0.4) is 0 Å². The van der Waals surface area contributed by atoms with Gasteiger partial charge in [0.2, 0.25) is 0 Å². The van der Waals surface area contributed by atoms with E-state index in [0.29, 0.717) is 4.57 Å². The second-order valence-electron chi connectivity index (χ2n) is 7.36. The molecule has 0 aliphatic heterocycles. The number of nitrogens with one attached hydrogen (secondary N) is 1. The molecule has 0 fully saturated rings. The fourth-order valence-electron chi connectivity index (χ4n) is 3.28. The fourth-order valence-corrected chi connectivity index (χ4v) is 3.80. The van der Waals surface area contributed by atoms with Crippen LogP contribution in [0, 0.1) is 0 Å². The molecular weight excluding hydrogens is 542 g/mol. The molecule has 0 spiro atoms. The number of alkyl halides is 3. The van der Waals surface area contributed by atoms with Crippen molar-refractivity contribution in [3.05, 3.63) is 90.2 Å². The Balaban J connectivity index is 2.21. The summed E-state index contributed by atoms with van der Waals surface area (Å²) in [6.07, 6.45) is -4.64. The maximum absolute atomic E-state index is 13.3. The summed E-state index contributed by atoms with van der Waals surface area (Å²) in [4.78, 5) is 50.3. The van der Waals surface area contributed by atoms with E-state index in [1.807, 2.05) is 0 Å². The predicted molar refractivity (Wildman–Crippen MR) is 129 cm³/mol. The van der Waals surface area contributed by atoms with Crippen molar-refractivity contribution in [2.75, 3.05) is 19.0 Å². The van der Waals surface area contributed by atoms with Crippen LogP contribution in [0.4, 0.5) is 23.7 Å². The van der Waals surface area contributed by atoms with Gasteiger partial charge in [-0.15, -0.1) is 0 Å². The first-order valence-electron chi connectivity index (χ1n) is 10.4. The van der Waals surface area contributed by atoms with Crippen LogP contribution in [-0.2, 0) is 22.2 Å². The fraction of sp³-hybridized carbons (Fsp3) is 0.217. The van der Waals surface area contributed by atoms with Crippen LogP contribution in [0.5, 0.6) is 0 Å². The zero-order valence-electron chi connectivity index (χ0n) is 19.2. The van der Waals surface area contributed by atoms with Crippen molar-refractivity contribution in [3.8, 4) is 5.69 Å². The molecule has 14 heteroatoms. The highest BCUT2D eigenvalue weighted by Crippen LogP contribution is 2.36. The smallest absolute Gasteiger partial charge is 0.417 e. The Labute approximate surface area is 216 Å². The first-order chi connectivity index (χ1) is 17.4. The number of hydrogen-bond acceptors (Lipinski definition) is 6. The third-order valence-corrected chi connectivity index (χ3v) is 5.79. The van der Waals surface area contributed by atoms with Crippen molar-refractivity contribution in [1.82, 2.24) is 9.13 Å². The zero-order valence-corrected chi connectivity index (χ0v) is 20.7. The quantitative estimate of drug-likeness (QED) is 0.437. The summed E-state index contributed by atoms with van der Waals surface area (Å²) >= 11 is 12.1. The van der Waals surface area contributed by atoms with E-state index in [4.69, 9.17) is 27.9 Å². The number of amides is 1. The van der Waals surface area contributed by atoms with Gasteiger partial charge in [-0.2, -0.15) is 13.2 Å². The Hall–Kier alpha value is -3.77. The van der Waals surface area contributed by atoms with Crippen LogP contribution in [0.2, 0.25) is 10.0 Å². The molecule has 0 saturated heterocycles. The first-order valence-corrected chi connectivity index (χ1v) is 11.2. The van der Waals surface area contributed by atoms with Crippen molar-refractivity contribution < 1.29 is 32.2 Å². The average Bonchev–Trinajstić information content (AvgIpc) is 2.83. The summed E-state index contributed by atoms with van der Waals surface area (Å²) in [5.41, 5.74) is -3.78. The number of benzene rings is 2. The molecule has 2 aromatic carbocycles. The minimum absolute atomic E-state index is 0.0221. The number of halogens is 5. The lowest BCUT2D eigenvalue weighted by Crippen LogP contribution is -2.42. The SMILES string of the molecule is CCOC(=O)c1cn(-c2ccc(NC(=O)OC)c(Cl)c2)c(=O)n(Cc2cccc(C(F)(F)F)c2Cl)c1=O. The molecule has 0 aliphatic rings. The number of aromatic nitrogens is 2. The molecule has 0 bridgehead atoms. The Morgan fingerprint density at radius 1 is 1.11 bits per heavy atom. The van der Waals surface area contributed by atoms with Gasteiger partial charge in [0.25, 0.3) is 5.56 Å². The van der Waals surface area contributed by atoms with E-state index >= 15 is 0 Å². The van der Waals surface area contributed by atoms with Gasteiger partial charge in [-0.1, -0.05) is 35.3 Å². The predicted octanol–water partition coefficient (Wildman–Crippen LogP) is 4.73. The summed E-state index contributed by atoms with van der Waals surface area (Å²) in [6.45, 7) is 0.738. The Bertz CT molecular complexity index is 1480. The van der Waals surface area contributed by atoms with Crippen LogP contribution in [0.1, 0.15) is 28.4 Å². The minimum atomic E-state index is -4.78. The van der Waals surface area contributed by atoms with Crippen molar-refractivity contribution >= 4 is 41.0 Å². The highest BCUT2D eigenvalue weighted by Gasteiger charge is 2.34. The van der Waals surface area contributed by atoms with E-state index in [1.54, 1.807) is 0 Å². The van der Waals surface area contributed by atoms with Crippen LogP contribution in [0.15, 0.2) is 52.2 Å². The topological polar surface area (TPSA) is 109 Å². The first kappa shape index (κ1) is 27.8. The van der Waals surface area contributed by atoms with Gasteiger partial charge >= 0.3 is 23.9 Å². The molecule has 1 N–H and O–H groups in total. The van der Waals surface area contributed by atoms with E-state index in [9.17, 15) is 32.3 Å². The molecule has 1 amide bonds. The lowest BCUT2D eigenvalue weighted by atomic mass is 10.1. The van der Waals surface area contributed by atoms with Gasteiger partial charge in [-0.05, 0) is 36.8 Å². The molecule has 0 saturated carbocycles. The molecule has 1 aromatic heterocycles. The van der Waals surface area contributed by atoms with Gasteiger partial charge in [0, 0.05) is 6.20 Å². The van der Waals surface area contributed by atoms with Gasteiger partial charge in [0.05, 0.1) is 47.2 Å². The normalized spacial score (nSPS) is 11.2. The lowest BCUT2D eigenvalue weighted by molar-refractivity contribution is -0.137. The molecule has 196 valence electrons. The number of anilines is 1. The maximum Gasteiger partial charge on any atom is 0.417 e. The van der Waals surface area contributed by atoms with Gasteiger partial charge in [0.1, 0.15) is 5.56 Å². The van der Waals surface area contributed by atoms with Crippen LogP contribution in [-0.4, -0.2) is 34.9 Å². The largest absolute Gasteiger partial charge is 0.462 e. The van der Waals surface area contributed by atoms with Crippen molar-refractivity contribution in [1.29, 1.82) is 0 Å². The summed E-state index contributed by atoms with van der Waals surface area (Å²) in [5, 5.41) is 1.64. The summed E-state index contributed by atoms with van der Waals surface area (Å²) in [6, 6.07) is 7.00. The summed E-state index contributed by atoms with van der Waals surface area (Å²) < 4.78 is 50.8. The van der Waals surface area contributed by atoms with Gasteiger partial charge in [-0.25, -0.2) is 14.4 Å². The highest BCUT2D eigenvalue weighted by molar-refractivity contribution is 6.33.